The van der Waals surface area contributed by atoms with Gasteiger partial charge < -0.3 is 5.11 Å². The predicted octanol–water partition coefficient (Wildman–Crippen LogP) is 3.14. The van der Waals surface area contributed by atoms with Gasteiger partial charge in [0.05, 0.1) is 16.8 Å². The van der Waals surface area contributed by atoms with Crippen molar-refractivity contribution in [2.45, 2.75) is 57.9 Å². The average Bonchev–Trinajstić information content (AvgIpc) is 2.92. The summed E-state index contributed by atoms with van der Waals surface area (Å²) in [6.07, 6.45) is 2.11. The van der Waals surface area contributed by atoms with Crippen molar-refractivity contribution in [2.24, 2.45) is 17.8 Å². The van der Waals surface area contributed by atoms with Crippen LogP contribution in [0.3, 0.4) is 0 Å². The number of benzene rings is 1. The number of fused-ring (bicyclic) bond motifs is 1. The molecule has 1 aliphatic carbocycles. The highest BCUT2D eigenvalue weighted by Crippen LogP contribution is 2.49. The highest BCUT2D eigenvalue weighted by molar-refractivity contribution is 6.07. The Morgan fingerprint density at radius 1 is 1.28 bits per heavy atom. The molecule has 156 valence electrons. The summed E-state index contributed by atoms with van der Waals surface area (Å²) in [7, 11) is 0. The van der Waals surface area contributed by atoms with Crippen molar-refractivity contribution in [2.75, 3.05) is 0 Å². The first kappa shape index (κ1) is 21.0. The molecule has 1 aromatic rings. The monoisotopic (exact) mass is 402 g/mol. The molecule has 1 saturated carbocycles. The number of nitrogens with zero attached hydrogens (tertiary/aromatic N) is 2. The number of nitro benzene ring substituents is 1. The number of amides is 2. The summed E-state index contributed by atoms with van der Waals surface area (Å²) in [4.78, 5) is 49.3. The predicted molar refractivity (Wildman–Crippen MR) is 104 cm³/mol. The molecule has 3 rings (SSSR count). The zero-order valence-corrected chi connectivity index (χ0v) is 16.8. The summed E-state index contributed by atoms with van der Waals surface area (Å²) in [5.74, 6) is -3.31. The van der Waals surface area contributed by atoms with Crippen LogP contribution in [0.4, 0.5) is 5.69 Å². The molecule has 1 aliphatic heterocycles. The van der Waals surface area contributed by atoms with Gasteiger partial charge in [0, 0.05) is 12.1 Å². The van der Waals surface area contributed by atoms with Crippen LogP contribution in [-0.2, 0) is 19.8 Å². The van der Waals surface area contributed by atoms with Gasteiger partial charge in [0.1, 0.15) is 6.04 Å². The number of aliphatic carboxylic acids is 1. The molecule has 5 atom stereocenters. The molecule has 0 spiro atoms. The largest absolute Gasteiger partial charge is 0.480 e. The molecule has 29 heavy (non-hydrogen) atoms. The second-order valence-electron chi connectivity index (χ2n) is 8.54. The molecule has 2 amide bonds. The topological polar surface area (TPSA) is 118 Å². The minimum atomic E-state index is -1.15. The van der Waals surface area contributed by atoms with E-state index in [4.69, 9.17) is 0 Å². The van der Waals surface area contributed by atoms with Crippen molar-refractivity contribution < 1.29 is 24.4 Å². The molecule has 8 heteroatoms. The Bertz CT molecular complexity index is 851. The fourth-order valence-electron chi connectivity index (χ4n) is 4.78. The van der Waals surface area contributed by atoms with Crippen molar-refractivity contribution in [3.05, 3.63) is 39.9 Å². The third-order valence-electron chi connectivity index (χ3n) is 6.76. The Kier molecular flexibility index (Phi) is 5.47. The van der Waals surface area contributed by atoms with Gasteiger partial charge in [-0.3, -0.25) is 24.6 Å². The quantitative estimate of drug-likeness (QED) is 0.444. The number of likely N-dealkylation sites (tertiary alicyclic amines) is 1. The van der Waals surface area contributed by atoms with Crippen molar-refractivity contribution in [3.8, 4) is 0 Å². The summed E-state index contributed by atoms with van der Waals surface area (Å²) >= 11 is 0. The van der Waals surface area contributed by atoms with E-state index in [1.54, 1.807) is 19.1 Å². The van der Waals surface area contributed by atoms with E-state index < -0.39 is 40.1 Å². The van der Waals surface area contributed by atoms with Gasteiger partial charge in [-0.25, -0.2) is 4.79 Å². The van der Waals surface area contributed by atoms with E-state index in [9.17, 15) is 29.6 Å². The lowest BCUT2D eigenvalue weighted by Gasteiger charge is -2.38. The molecule has 1 aromatic carbocycles. The Morgan fingerprint density at radius 3 is 2.38 bits per heavy atom. The molecular formula is C21H26N2O6. The minimum absolute atomic E-state index is 0.00202. The highest BCUT2D eigenvalue weighted by atomic mass is 16.6. The second-order valence-corrected chi connectivity index (χ2v) is 8.54. The number of nitro groups is 1. The molecule has 1 saturated heterocycles. The van der Waals surface area contributed by atoms with Crippen molar-refractivity contribution in [3.63, 3.8) is 0 Å². The van der Waals surface area contributed by atoms with Crippen LogP contribution in [0.15, 0.2) is 24.3 Å². The molecule has 8 nitrogen and oxygen atoms in total. The van der Waals surface area contributed by atoms with Gasteiger partial charge in [-0.1, -0.05) is 39.3 Å². The molecule has 2 fully saturated rings. The lowest BCUT2D eigenvalue weighted by Crippen LogP contribution is -2.49. The van der Waals surface area contributed by atoms with Gasteiger partial charge in [0.2, 0.25) is 11.8 Å². The summed E-state index contributed by atoms with van der Waals surface area (Å²) in [6.45, 7) is 5.57. The molecule has 0 radical (unpaired) electrons. The number of carboxylic acid groups (broad SMARTS) is 1. The Hall–Kier alpha value is -2.77. The first-order chi connectivity index (χ1) is 13.6. The molecule has 1 heterocycles. The van der Waals surface area contributed by atoms with E-state index in [1.807, 2.05) is 13.8 Å². The van der Waals surface area contributed by atoms with Crippen LogP contribution >= 0.6 is 0 Å². The van der Waals surface area contributed by atoms with E-state index in [0.717, 1.165) is 10.5 Å². The minimum Gasteiger partial charge on any atom is -0.480 e. The van der Waals surface area contributed by atoms with Crippen molar-refractivity contribution >= 4 is 23.5 Å². The van der Waals surface area contributed by atoms with Crippen LogP contribution in [0.2, 0.25) is 0 Å². The maximum atomic E-state index is 13.1. The number of carboxylic acids is 1. The van der Waals surface area contributed by atoms with Crippen molar-refractivity contribution in [1.29, 1.82) is 0 Å². The smallest absolute Gasteiger partial charge is 0.327 e. The Balaban J connectivity index is 1.88. The fraction of sp³-hybridized carbons (Fsp3) is 0.571. The number of non-ortho nitro benzene ring substituents is 1. The molecule has 0 bridgehead atoms. The SMILES string of the molecule is CCC(C)C(C(=O)O)N1C(=O)C2CCC(C)(c3ccc([N+](=O)[O-])cc3)CC2C1=O. The maximum Gasteiger partial charge on any atom is 0.327 e. The number of rotatable bonds is 6. The first-order valence-corrected chi connectivity index (χ1v) is 9.95. The zero-order chi connectivity index (χ0) is 21.5. The third-order valence-corrected chi connectivity index (χ3v) is 6.76. The van der Waals surface area contributed by atoms with Crippen LogP contribution in [0, 0.1) is 27.9 Å². The van der Waals surface area contributed by atoms with Crippen molar-refractivity contribution in [1.82, 2.24) is 4.90 Å². The fourth-order valence-corrected chi connectivity index (χ4v) is 4.78. The third kappa shape index (κ3) is 3.52. The van der Waals surface area contributed by atoms with E-state index in [1.165, 1.54) is 12.1 Å². The van der Waals surface area contributed by atoms with Gasteiger partial charge in [-0.05, 0) is 36.2 Å². The number of carbonyl (C=O) groups is 3. The van der Waals surface area contributed by atoms with Crippen LogP contribution in [0.5, 0.6) is 0 Å². The second kappa shape index (κ2) is 7.57. The number of imide groups is 1. The van der Waals surface area contributed by atoms with Gasteiger partial charge in [0.25, 0.3) is 5.69 Å². The Labute approximate surface area is 169 Å². The van der Waals surface area contributed by atoms with E-state index in [-0.39, 0.29) is 17.5 Å². The van der Waals surface area contributed by atoms with Gasteiger partial charge in [-0.15, -0.1) is 0 Å². The van der Waals surface area contributed by atoms with Crippen LogP contribution < -0.4 is 0 Å². The zero-order valence-electron chi connectivity index (χ0n) is 16.8. The standard InChI is InChI=1S/C21H26N2O6/c1-4-12(2)17(20(26)27)22-18(24)15-9-10-21(3,11-16(15)19(22)25)13-5-7-14(8-6-13)23(28)29/h5-8,12,15-17H,4,9-11H2,1-3H3,(H,26,27). The summed E-state index contributed by atoms with van der Waals surface area (Å²) in [5.41, 5.74) is 0.483. The lowest BCUT2D eigenvalue weighted by molar-refractivity contribution is -0.384. The molecule has 0 aromatic heterocycles. The summed E-state index contributed by atoms with van der Waals surface area (Å²) in [5, 5.41) is 20.6. The van der Waals surface area contributed by atoms with Gasteiger partial charge in [-0.2, -0.15) is 0 Å². The molecular weight excluding hydrogens is 376 g/mol. The lowest BCUT2D eigenvalue weighted by atomic mass is 9.64. The maximum absolute atomic E-state index is 13.1. The first-order valence-electron chi connectivity index (χ1n) is 9.95. The van der Waals surface area contributed by atoms with Crippen LogP contribution in [0.1, 0.15) is 52.0 Å². The van der Waals surface area contributed by atoms with Gasteiger partial charge >= 0.3 is 5.97 Å². The van der Waals surface area contributed by atoms with E-state index >= 15 is 0 Å². The molecule has 5 unspecified atom stereocenters. The summed E-state index contributed by atoms with van der Waals surface area (Å²) in [6, 6.07) is 5.16. The molecule has 1 N–H and O–H groups in total. The normalized spacial score (nSPS) is 28.7. The molecule has 2 aliphatic rings. The number of hydrogen-bond donors (Lipinski definition) is 1. The van der Waals surface area contributed by atoms with E-state index in [2.05, 4.69) is 0 Å². The van der Waals surface area contributed by atoms with E-state index in [0.29, 0.717) is 25.7 Å². The van der Waals surface area contributed by atoms with Gasteiger partial charge in [0.15, 0.2) is 0 Å². The summed E-state index contributed by atoms with van der Waals surface area (Å²) < 4.78 is 0. The highest BCUT2D eigenvalue weighted by Gasteiger charge is 2.56. The van der Waals surface area contributed by atoms with Crippen LogP contribution in [0.25, 0.3) is 0 Å². The average molecular weight is 402 g/mol. The Morgan fingerprint density at radius 2 is 1.86 bits per heavy atom. The number of carbonyl (C=O) groups excluding carboxylic acids is 2. The number of hydrogen-bond acceptors (Lipinski definition) is 5. The van der Waals surface area contributed by atoms with Crippen LogP contribution in [-0.4, -0.2) is 38.8 Å².